The van der Waals surface area contributed by atoms with Gasteiger partial charge >= 0.3 is 5.97 Å². The molecule has 120 valence electrons. The number of fused-ring (bicyclic) bond motifs is 1. The van der Waals surface area contributed by atoms with Gasteiger partial charge in [-0.05, 0) is 23.6 Å². The number of aliphatic carboxylic acids is 1. The Morgan fingerprint density at radius 1 is 1.45 bits per heavy atom. The molecule has 0 radical (unpaired) electrons. The summed E-state index contributed by atoms with van der Waals surface area (Å²) in [6.45, 7) is 2.82. The van der Waals surface area contributed by atoms with E-state index in [1.54, 1.807) is 0 Å². The molecule has 5 nitrogen and oxygen atoms in total. The summed E-state index contributed by atoms with van der Waals surface area (Å²) in [4.78, 5) is 25.2. The third kappa shape index (κ3) is 3.87. The van der Waals surface area contributed by atoms with Crippen molar-refractivity contribution in [3.05, 3.63) is 33.8 Å². The predicted molar refractivity (Wildman–Crippen MR) is 85.5 cm³/mol. The Balaban J connectivity index is 2.12. The van der Waals surface area contributed by atoms with Crippen LogP contribution in [0.5, 0.6) is 0 Å². The Bertz CT molecular complexity index is 561. The van der Waals surface area contributed by atoms with Crippen LogP contribution >= 0.6 is 15.9 Å². The van der Waals surface area contributed by atoms with Crippen LogP contribution in [0.1, 0.15) is 30.9 Å². The first-order valence-electron chi connectivity index (χ1n) is 7.40. The molecule has 1 unspecified atom stereocenters. The van der Waals surface area contributed by atoms with Gasteiger partial charge in [0, 0.05) is 24.0 Å². The van der Waals surface area contributed by atoms with Crippen LogP contribution < -0.4 is 0 Å². The zero-order valence-electron chi connectivity index (χ0n) is 12.5. The quantitative estimate of drug-likeness (QED) is 0.782. The van der Waals surface area contributed by atoms with Gasteiger partial charge in [0.1, 0.15) is 12.6 Å². The number of carboxylic acids is 1. The molecule has 1 aliphatic rings. The number of rotatable bonds is 6. The molecule has 0 spiro atoms. The van der Waals surface area contributed by atoms with Crippen LogP contribution in [0, 0.1) is 0 Å². The van der Waals surface area contributed by atoms with Gasteiger partial charge in [0.25, 0.3) is 0 Å². The lowest BCUT2D eigenvalue weighted by atomic mass is 9.94. The third-order valence-corrected chi connectivity index (χ3v) is 4.55. The van der Waals surface area contributed by atoms with Crippen molar-refractivity contribution in [2.75, 3.05) is 13.2 Å². The van der Waals surface area contributed by atoms with E-state index in [1.165, 1.54) is 4.90 Å². The molecule has 6 heteroatoms. The summed E-state index contributed by atoms with van der Waals surface area (Å²) in [5.74, 6) is -1.25. The highest BCUT2D eigenvalue weighted by molar-refractivity contribution is 9.10. The average molecular weight is 370 g/mol. The minimum atomic E-state index is -0.983. The molecule has 1 aliphatic heterocycles. The number of ether oxygens (including phenoxy) is 1. The second-order valence-electron chi connectivity index (χ2n) is 5.36. The topological polar surface area (TPSA) is 66.8 Å². The summed E-state index contributed by atoms with van der Waals surface area (Å²) in [5.41, 5.74) is 1.94. The summed E-state index contributed by atoms with van der Waals surface area (Å²) < 4.78 is 6.23. The molecule has 22 heavy (non-hydrogen) atoms. The molecule has 0 fully saturated rings. The van der Waals surface area contributed by atoms with E-state index in [1.807, 2.05) is 25.1 Å². The Hall–Kier alpha value is -1.40. The number of carbonyl (C=O) groups excluding carboxylic acids is 1. The standard InChI is InChI=1S/C16H20BrNO4/c1-2-3-7-22-10-15(19)18-9-11-5-4-6-13(17)12(11)8-14(18)16(20)21/h4-6,14H,2-3,7-10H2,1H3,(H,20,21). The molecule has 0 saturated carbocycles. The molecule has 1 amide bonds. The number of hydrogen-bond acceptors (Lipinski definition) is 3. The van der Waals surface area contributed by atoms with Gasteiger partial charge in [0.15, 0.2) is 0 Å². The van der Waals surface area contributed by atoms with E-state index in [2.05, 4.69) is 15.9 Å². The van der Waals surface area contributed by atoms with E-state index in [0.717, 1.165) is 28.4 Å². The van der Waals surface area contributed by atoms with E-state index < -0.39 is 12.0 Å². The van der Waals surface area contributed by atoms with Crippen LogP contribution in [-0.2, 0) is 27.3 Å². The number of unbranched alkanes of at least 4 members (excludes halogenated alkanes) is 1. The maximum absolute atomic E-state index is 12.3. The fourth-order valence-corrected chi connectivity index (χ4v) is 3.12. The SMILES string of the molecule is CCCCOCC(=O)N1Cc2cccc(Br)c2CC1C(=O)O. The minimum absolute atomic E-state index is 0.0624. The lowest BCUT2D eigenvalue weighted by molar-refractivity contribution is -0.153. The smallest absolute Gasteiger partial charge is 0.326 e. The maximum Gasteiger partial charge on any atom is 0.326 e. The van der Waals surface area contributed by atoms with Gasteiger partial charge in [0.05, 0.1) is 0 Å². The first-order chi connectivity index (χ1) is 10.5. The largest absolute Gasteiger partial charge is 0.480 e. The summed E-state index contributed by atoms with van der Waals surface area (Å²) in [6.07, 6.45) is 2.20. The number of amides is 1. The number of halogens is 1. The molecule has 0 aliphatic carbocycles. The highest BCUT2D eigenvalue weighted by atomic mass is 79.9. The molecular formula is C16H20BrNO4. The van der Waals surface area contributed by atoms with E-state index in [0.29, 0.717) is 19.6 Å². The van der Waals surface area contributed by atoms with Crippen molar-refractivity contribution in [1.82, 2.24) is 4.90 Å². The van der Waals surface area contributed by atoms with Crippen LogP contribution in [0.25, 0.3) is 0 Å². The highest BCUT2D eigenvalue weighted by Crippen LogP contribution is 2.29. The molecule has 1 aromatic rings. The summed E-state index contributed by atoms with van der Waals surface area (Å²) in [5, 5.41) is 9.43. The number of nitrogens with zero attached hydrogens (tertiary/aromatic N) is 1. The first-order valence-corrected chi connectivity index (χ1v) is 8.20. The van der Waals surface area contributed by atoms with Crippen LogP contribution in [0.4, 0.5) is 0 Å². The maximum atomic E-state index is 12.3. The van der Waals surface area contributed by atoms with Crippen molar-refractivity contribution in [3.63, 3.8) is 0 Å². The van der Waals surface area contributed by atoms with Gasteiger partial charge in [-0.3, -0.25) is 4.79 Å². The van der Waals surface area contributed by atoms with Gasteiger partial charge < -0.3 is 14.7 Å². The fourth-order valence-electron chi connectivity index (χ4n) is 2.55. The Labute approximate surface area is 138 Å². The van der Waals surface area contributed by atoms with Crippen LogP contribution in [0.2, 0.25) is 0 Å². The molecule has 1 heterocycles. The van der Waals surface area contributed by atoms with Crippen LogP contribution in [-0.4, -0.2) is 41.1 Å². The van der Waals surface area contributed by atoms with Crippen LogP contribution in [0.3, 0.4) is 0 Å². The molecule has 0 saturated heterocycles. The summed E-state index contributed by atoms with van der Waals surface area (Å²) in [7, 11) is 0. The number of carbonyl (C=O) groups is 2. The lowest BCUT2D eigenvalue weighted by Crippen LogP contribution is -2.50. The number of benzene rings is 1. The molecule has 1 N–H and O–H groups in total. The van der Waals surface area contributed by atoms with Crippen molar-refractivity contribution in [1.29, 1.82) is 0 Å². The molecule has 0 bridgehead atoms. The monoisotopic (exact) mass is 369 g/mol. The molecule has 2 rings (SSSR count). The number of hydrogen-bond donors (Lipinski definition) is 1. The second-order valence-corrected chi connectivity index (χ2v) is 6.22. The zero-order valence-corrected chi connectivity index (χ0v) is 14.1. The van der Waals surface area contributed by atoms with Gasteiger partial charge in [0.2, 0.25) is 5.91 Å². The third-order valence-electron chi connectivity index (χ3n) is 3.80. The van der Waals surface area contributed by atoms with Crippen LogP contribution in [0.15, 0.2) is 22.7 Å². The normalized spacial score (nSPS) is 17.2. The Morgan fingerprint density at radius 3 is 2.91 bits per heavy atom. The van der Waals surface area contributed by atoms with Crippen molar-refractivity contribution in [2.24, 2.45) is 0 Å². The van der Waals surface area contributed by atoms with Crippen molar-refractivity contribution in [3.8, 4) is 0 Å². The molecule has 1 atom stereocenters. The van der Waals surface area contributed by atoms with Gasteiger partial charge in [-0.2, -0.15) is 0 Å². The van der Waals surface area contributed by atoms with Gasteiger partial charge in [-0.15, -0.1) is 0 Å². The predicted octanol–water partition coefficient (Wildman–Crippen LogP) is 2.60. The van der Waals surface area contributed by atoms with E-state index in [-0.39, 0.29) is 12.5 Å². The number of carboxylic acid groups (broad SMARTS) is 1. The van der Waals surface area contributed by atoms with E-state index >= 15 is 0 Å². The van der Waals surface area contributed by atoms with Gasteiger partial charge in [-0.1, -0.05) is 41.4 Å². The van der Waals surface area contributed by atoms with Gasteiger partial charge in [-0.25, -0.2) is 4.79 Å². The van der Waals surface area contributed by atoms with Crippen molar-refractivity contribution < 1.29 is 19.4 Å². The van der Waals surface area contributed by atoms with E-state index in [4.69, 9.17) is 4.74 Å². The van der Waals surface area contributed by atoms with Crippen molar-refractivity contribution >= 4 is 27.8 Å². The minimum Gasteiger partial charge on any atom is -0.480 e. The average Bonchev–Trinajstić information content (AvgIpc) is 2.50. The van der Waals surface area contributed by atoms with E-state index in [9.17, 15) is 14.7 Å². The molecule has 0 aromatic heterocycles. The lowest BCUT2D eigenvalue weighted by Gasteiger charge is -2.34. The highest BCUT2D eigenvalue weighted by Gasteiger charge is 2.35. The Morgan fingerprint density at radius 2 is 2.23 bits per heavy atom. The summed E-state index contributed by atoms with van der Waals surface area (Å²) >= 11 is 3.45. The van der Waals surface area contributed by atoms with Crippen molar-refractivity contribution in [2.45, 2.75) is 38.8 Å². The zero-order chi connectivity index (χ0) is 16.1. The molecule has 1 aromatic carbocycles. The first kappa shape index (κ1) is 17.0. The fraction of sp³-hybridized carbons (Fsp3) is 0.500. The summed E-state index contributed by atoms with van der Waals surface area (Å²) in [6, 6.07) is 4.87. The second kappa shape index (κ2) is 7.74. The Kier molecular flexibility index (Phi) is 5.97. The molecular weight excluding hydrogens is 350 g/mol.